The van der Waals surface area contributed by atoms with Crippen LogP contribution in [0.5, 0.6) is 0 Å². The molecule has 0 aliphatic carbocycles. The molecule has 0 saturated carbocycles. The number of likely N-dealkylation sites (tertiary alicyclic amines) is 1. The zero-order chi connectivity index (χ0) is 13.9. The predicted molar refractivity (Wildman–Crippen MR) is 66.2 cm³/mol. The fourth-order valence-electron chi connectivity index (χ4n) is 2.03. The predicted octanol–water partition coefficient (Wildman–Crippen LogP) is 0.509. The van der Waals surface area contributed by atoms with Crippen LogP contribution in [0.4, 0.5) is 4.79 Å². The number of urea groups is 1. The molecule has 1 rings (SSSR count). The summed E-state index contributed by atoms with van der Waals surface area (Å²) < 4.78 is 0. The van der Waals surface area contributed by atoms with Gasteiger partial charge in [0.1, 0.15) is 6.04 Å². The largest absolute Gasteiger partial charge is 0.480 e. The van der Waals surface area contributed by atoms with Gasteiger partial charge in [-0.25, -0.2) is 9.59 Å². The molecule has 0 bridgehead atoms. The van der Waals surface area contributed by atoms with E-state index in [4.69, 9.17) is 10.2 Å². The molecule has 0 aromatic carbocycles. The van der Waals surface area contributed by atoms with Gasteiger partial charge in [-0.1, -0.05) is 20.8 Å². The van der Waals surface area contributed by atoms with E-state index in [1.165, 1.54) is 0 Å². The number of nitrogens with one attached hydrogen (secondary N) is 1. The van der Waals surface area contributed by atoms with E-state index in [0.717, 1.165) is 6.42 Å². The molecule has 2 atom stereocenters. The molecule has 0 aromatic heterocycles. The molecule has 1 heterocycles. The Kier molecular flexibility index (Phi) is 4.56. The lowest BCUT2D eigenvalue weighted by Crippen LogP contribution is -2.52. The highest BCUT2D eigenvalue weighted by molar-refractivity contribution is 5.83. The summed E-state index contributed by atoms with van der Waals surface area (Å²) in [6, 6.07) is -1.29. The Labute approximate surface area is 107 Å². The zero-order valence-corrected chi connectivity index (χ0v) is 11.1. The molecule has 0 aromatic rings. The van der Waals surface area contributed by atoms with Gasteiger partial charge in [0.05, 0.1) is 0 Å². The van der Waals surface area contributed by atoms with Crippen molar-refractivity contribution in [2.45, 2.75) is 33.2 Å². The van der Waals surface area contributed by atoms with Gasteiger partial charge in [-0.2, -0.15) is 0 Å². The number of hydrogen-bond donors (Lipinski definition) is 3. The number of carboxylic acid groups (broad SMARTS) is 1. The van der Waals surface area contributed by atoms with Gasteiger partial charge in [-0.15, -0.1) is 0 Å². The summed E-state index contributed by atoms with van der Waals surface area (Å²) in [4.78, 5) is 24.6. The second-order valence-electron chi connectivity index (χ2n) is 5.87. The van der Waals surface area contributed by atoms with Gasteiger partial charge < -0.3 is 20.4 Å². The molecule has 18 heavy (non-hydrogen) atoms. The quantitative estimate of drug-likeness (QED) is 0.688. The Balaban J connectivity index is 2.60. The maximum Gasteiger partial charge on any atom is 0.326 e. The summed E-state index contributed by atoms with van der Waals surface area (Å²) in [6.07, 6.45) is 0.761. The monoisotopic (exact) mass is 258 g/mol. The number of aliphatic hydroxyl groups is 1. The van der Waals surface area contributed by atoms with Gasteiger partial charge in [0.25, 0.3) is 0 Å². The molecule has 1 saturated heterocycles. The third-order valence-electron chi connectivity index (χ3n) is 3.21. The lowest BCUT2D eigenvalue weighted by atomic mass is 9.87. The maximum absolute atomic E-state index is 11.9. The minimum atomic E-state index is -1.03. The molecular weight excluding hydrogens is 236 g/mol. The van der Waals surface area contributed by atoms with Crippen LogP contribution in [0.3, 0.4) is 0 Å². The molecule has 3 N–H and O–H groups in total. The first-order valence-corrected chi connectivity index (χ1v) is 6.14. The normalized spacial score (nSPS) is 21.8. The van der Waals surface area contributed by atoms with Gasteiger partial charge in [0, 0.05) is 25.6 Å². The van der Waals surface area contributed by atoms with E-state index in [1.807, 2.05) is 0 Å². The Bertz CT molecular complexity index is 325. The number of aliphatic carboxylic acids is 1. The Morgan fingerprint density at radius 3 is 2.44 bits per heavy atom. The summed E-state index contributed by atoms with van der Waals surface area (Å²) >= 11 is 0. The number of hydrogen-bond acceptors (Lipinski definition) is 3. The maximum atomic E-state index is 11.9. The third-order valence-corrected chi connectivity index (χ3v) is 3.21. The van der Waals surface area contributed by atoms with Crippen LogP contribution in [0.15, 0.2) is 0 Å². The molecule has 1 aliphatic heterocycles. The summed E-state index contributed by atoms with van der Waals surface area (Å²) in [5, 5.41) is 20.7. The molecule has 0 radical (unpaired) electrons. The van der Waals surface area contributed by atoms with Gasteiger partial charge in [-0.3, -0.25) is 0 Å². The number of carboxylic acids is 1. The first-order chi connectivity index (χ1) is 8.25. The van der Waals surface area contributed by atoms with Crippen molar-refractivity contribution in [3.63, 3.8) is 0 Å². The van der Waals surface area contributed by atoms with Crippen LogP contribution in [-0.4, -0.2) is 52.9 Å². The fraction of sp³-hybridized carbons (Fsp3) is 0.833. The summed E-state index contributed by atoms with van der Waals surface area (Å²) in [5.74, 6) is -0.928. The van der Waals surface area contributed by atoms with Crippen molar-refractivity contribution < 1.29 is 19.8 Å². The zero-order valence-electron chi connectivity index (χ0n) is 11.1. The van der Waals surface area contributed by atoms with E-state index in [9.17, 15) is 9.59 Å². The minimum Gasteiger partial charge on any atom is -0.480 e. The van der Waals surface area contributed by atoms with E-state index < -0.39 is 17.4 Å². The van der Waals surface area contributed by atoms with Crippen LogP contribution in [0.2, 0.25) is 0 Å². The number of carbonyl (C=O) groups is 2. The standard InChI is InChI=1S/C12H22N2O4/c1-12(2,3)9(10(16)17)13-11(18)14-5-4-8(6-14)7-15/h8-9,15H,4-7H2,1-3H3,(H,13,18)(H,16,17)/t8?,9-/m1/s1. The summed E-state index contributed by atoms with van der Waals surface area (Å²) in [7, 11) is 0. The highest BCUT2D eigenvalue weighted by atomic mass is 16.4. The first kappa shape index (κ1) is 14.8. The van der Waals surface area contributed by atoms with Crippen molar-refractivity contribution in [2.75, 3.05) is 19.7 Å². The van der Waals surface area contributed by atoms with E-state index >= 15 is 0 Å². The van der Waals surface area contributed by atoms with E-state index in [0.29, 0.717) is 13.1 Å². The van der Waals surface area contributed by atoms with Gasteiger partial charge in [0.2, 0.25) is 0 Å². The SMILES string of the molecule is CC(C)(C)[C@H](NC(=O)N1CCC(CO)C1)C(=O)O. The molecule has 1 fully saturated rings. The van der Waals surface area contributed by atoms with Crippen LogP contribution in [-0.2, 0) is 4.79 Å². The number of nitrogens with zero attached hydrogens (tertiary/aromatic N) is 1. The average molecular weight is 258 g/mol. The van der Waals surface area contributed by atoms with Crippen LogP contribution >= 0.6 is 0 Å². The van der Waals surface area contributed by atoms with Crippen LogP contribution in [0.1, 0.15) is 27.2 Å². The highest BCUT2D eigenvalue weighted by Crippen LogP contribution is 2.21. The minimum absolute atomic E-state index is 0.0609. The van der Waals surface area contributed by atoms with Gasteiger partial charge in [-0.05, 0) is 11.8 Å². The van der Waals surface area contributed by atoms with Crippen LogP contribution in [0.25, 0.3) is 0 Å². The smallest absolute Gasteiger partial charge is 0.326 e. The van der Waals surface area contributed by atoms with Crippen molar-refractivity contribution >= 4 is 12.0 Å². The number of amides is 2. The van der Waals surface area contributed by atoms with E-state index in [1.54, 1.807) is 25.7 Å². The molecule has 6 nitrogen and oxygen atoms in total. The van der Waals surface area contributed by atoms with E-state index in [2.05, 4.69) is 5.32 Å². The summed E-state index contributed by atoms with van der Waals surface area (Å²) in [6.45, 7) is 6.42. The second-order valence-corrected chi connectivity index (χ2v) is 5.87. The highest BCUT2D eigenvalue weighted by Gasteiger charge is 2.35. The van der Waals surface area contributed by atoms with E-state index in [-0.39, 0.29) is 18.6 Å². The Morgan fingerprint density at radius 2 is 2.06 bits per heavy atom. The Morgan fingerprint density at radius 1 is 1.44 bits per heavy atom. The number of carbonyl (C=O) groups excluding carboxylic acids is 1. The first-order valence-electron chi connectivity index (χ1n) is 6.14. The van der Waals surface area contributed by atoms with Gasteiger partial charge >= 0.3 is 12.0 Å². The molecular formula is C12H22N2O4. The average Bonchev–Trinajstić information content (AvgIpc) is 2.71. The summed E-state index contributed by atoms with van der Waals surface area (Å²) in [5.41, 5.74) is -0.544. The molecule has 6 heteroatoms. The van der Waals surface area contributed by atoms with Crippen molar-refractivity contribution in [1.29, 1.82) is 0 Å². The van der Waals surface area contributed by atoms with Crippen LogP contribution in [0, 0.1) is 11.3 Å². The molecule has 2 amide bonds. The van der Waals surface area contributed by atoms with Crippen molar-refractivity contribution in [3.05, 3.63) is 0 Å². The molecule has 104 valence electrons. The van der Waals surface area contributed by atoms with Gasteiger partial charge in [0.15, 0.2) is 0 Å². The fourth-order valence-corrected chi connectivity index (χ4v) is 2.03. The lowest BCUT2D eigenvalue weighted by Gasteiger charge is -2.29. The third kappa shape index (κ3) is 3.60. The lowest BCUT2D eigenvalue weighted by molar-refractivity contribution is -0.142. The molecule has 1 aliphatic rings. The number of rotatable bonds is 3. The number of aliphatic hydroxyl groups excluding tert-OH is 1. The topological polar surface area (TPSA) is 89.9 Å². The van der Waals surface area contributed by atoms with Crippen LogP contribution < -0.4 is 5.32 Å². The molecule has 0 spiro atoms. The van der Waals surface area contributed by atoms with Crippen molar-refractivity contribution in [2.24, 2.45) is 11.3 Å². The van der Waals surface area contributed by atoms with Crippen molar-refractivity contribution in [1.82, 2.24) is 10.2 Å². The molecule has 1 unspecified atom stereocenters. The Hall–Kier alpha value is -1.30. The second kappa shape index (κ2) is 5.56. The van der Waals surface area contributed by atoms with Crippen molar-refractivity contribution in [3.8, 4) is 0 Å².